The quantitative estimate of drug-likeness (QED) is 0.771. The van der Waals surface area contributed by atoms with E-state index in [-0.39, 0.29) is 30.5 Å². The van der Waals surface area contributed by atoms with Crippen molar-refractivity contribution in [1.82, 2.24) is 14.8 Å². The topological polar surface area (TPSA) is 91.6 Å². The molecule has 2 aromatic rings. The van der Waals surface area contributed by atoms with Crippen LogP contribution in [-0.4, -0.2) is 45.6 Å². The van der Waals surface area contributed by atoms with Crippen LogP contribution in [0.1, 0.15) is 41.5 Å². The van der Waals surface area contributed by atoms with E-state index >= 15 is 0 Å². The predicted octanol–water partition coefficient (Wildman–Crippen LogP) is 1.82. The van der Waals surface area contributed by atoms with E-state index in [1.165, 1.54) is 0 Å². The van der Waals surface area contributed by atoms with Crippen LogP contribution >= 0.6 is 0 Å². The van der Waals surface area contributed by atoms with Gasteiger partial charge in [0.25, 0.3) is 11.5 Å². The van der Waals surface area contributed by atoms with Gasteiger partial charge in [-0.1, -0.05) is 30.4 Å². The van der Waals surface area contributed by atoms with Crippen molar-refractivity contribution in [3.8, 4) is 0 Å². The van der Waals surface area contributed by atoms with E-state index in [4.69, 9.17) is 0 Å². The van der Waals surface area contributed by atoms with Gasteiger partial charge in [-0.05, 0) is 38.1 Å². The van der Waals surface area contributed by atoms with Crippen LogP contribution in [-0.2, 0) is 11.3 Å². The van der Waals surface area contributed by atoms with E-state index in [1.54, 1.807) is 52.0 Å². The number of carbonyl (C=O) groups is 2. The number of hydrogen-bond donors (Lipinski definition) is 2. The van der Waals surface area contributed by atoms with E-state index in [2.05, 4.69) is 5.32 Å². The number of nitrogens with zero attached hydrogens (tertiary/aromatic N) is 2. The summed E-state index contributed by atoms with van der Waals surface area (Å²) in [5.41, 5.74) is 1.56. The molecule has 1 fully saturated rings. The summed E-state index contributed by atoms with van der Waals surface area (Å²) in [6, 6.07) is 11.4. The number of aliphatic hydroxyl groups is 1. The van der Waals surface area contributed by atoms with Gasteiger partial charge >= 0.3 is 0 Å². The number of fused-ring (bicyclic) bond motifs is 4. The third kappa shape index (κ3) is 3.39. The lowest BCUT2D eigenvalue weighted by Gasteiger charge is -2.38. The molecule has 162 valence electrons. The summed E-state index contributed by atoms with van der Waals surface area (Å²) in [5.74, 6) is -1.51. The van der Waals surface area contributed by atoms with Crippen LogP contribution in [0.15, 0.2) is 53.3 Å². The normalized spacial score (nSPS) is 24.3. The molecule has 2 amide bonds. The zero-order valence-electron chi connectivity index (χ0n) is 17.7. The van der Waals surface area contributed by atoms with E-state index in [0.29, 0.717) is 23.4 Å². The van der Waals surface area contributed by atoms with Crippen LogP contribution in [0.4, 0.5) is 0 Å². The molecule has 3 heterocycles. The third-order valence-electron chi connectivity index (χ3n) is 6.33. The standard InChI is InChI=1S/C24H27N3O4/c1-3-8-15-11-12-18-21-20(22(29)25-4-2)17(14-28)19(13-26(18)23(15)30)27(21)24(31)16-9-6-5-7-10-16/h3,5-12,17,19-21,28H,4,13-14H2,1-2H3,(H,25,29)/b8-3-/t17-,19-,20+,21+/m1/s1. The predicted molar refractivity (Wildman–Crippen MR) is 117 cm³/mol. The number of hydrogen-bond acceptors (Lipinski definition) is 4. The highest BCUT2D eigenvalue weighted by Gasteiger charge is 2.57. The van der Waals surface area contributed by atoms with Gasteiger partial charge in [0, 0.05) is 42.4 Å². The lowest BCUT2D eigenvalue weighted by atomic mass is 9.86. The van der Waals surface area contributed by atoms with Gasteiger partial charge in [-0.3, -0.25) is 14.4 Å². The number of rotatable bonds is 5. The van der Waals surface area contributed by atoms with Crippen molar-refractivity contribution in [3.63, 3.8) is 0 Å². The van der Waals surface area contributed by atoms with Crippen molar-refractivity contribution in [2.75, 3.05) is 13.2 Å². The number of pyridine rings is 1. The SMILES string of the molecule is C/C=C\c1ccc2n(c1=O)C[C@@H]1[C@@H](CO)[C@H](C(=O)NCC)[C@H]2N1C(=O)c1ccccc1. The molecule has 0 radical (unpaired) electrons. The second kappa shape index (κ2) is 8.51. The van der Waals surface area contributed by atoms with Gasteiger partial charge in [0.15, 0.2) is 0 Å². The number of aliphatic hydroxyl groups excluding tert-OH is 1. The fourth-order valence-corrected chi connectivity index (χ4v) is 5.03. The van der Waals surface area contributed by atoms with Crippen molar-refractivity contribution < 1.29 is 14.7 Å². The van der Waals surface area contributed by atoms with Crippen LogP contribution in [0.25, 0.3) is 6.08 Å². The molecular weight excluding hydrogens is 394 g/mol. The maximum Gasteiger partial charge on any atom is 0.258 e. The molecule has 1 aromatic heterocycles. The van der Waals surface area contributed by atoms with Gasteiger partial charge in [0.2, 0.25) is 5.91 Å². The van der Waals surface area contributed by atoms with Gasteiger partial charge in [-0.25, -0.2) is 0 Å². The Balaban J connectivity index is 1.89. The molecule has 4 rings (SSSR count). The minimum absolute atomic E-state index is 0.148. The first-order valence-electron chi connectivity index (χ1n) is 10.7. The average Bonchev–Trinajstić information content (AvgIpc) is 3.02. The first-order chi connectivity index (χ1) is 15.0. The molecule has 0 saturated carbocycles. The van der Waals surface area contributed by atoms with Crippen molar-refractivity contribution in [3.05, 3.63) is 75.7 Å². The number of aromatic nitrogens is 1. The molecule has 0 unspecified atom stereocenters. The van der Waals surface area contributed by atoms with Crippen LogP contribution in [0.2, 0.25) is 0 Å². The van der Waals surface area contributed by atoms with Gasteiger partial charge < -0.3 is 19.9 Å². The summed E-state index contributed by atoms with van der Waals surface area (Å²) in [5, 5.41) is 13.1. The molecule has 4 atom stereocenters. The monoisotopic (exact) mass is 421 g/mol. The smallest absolute Gasteiger partial charge is 0.258 e. The highest BCUT2D eigenvalue weighted by Crippen LogP contribution is 2.48. The Morgan fingerprint density at radius 1 is 1.19 bits per heavy atom. The average molecular weight is 421 g/mol. The Hall–Kier alpha value is -3.19. The Labute approximate surface area is 181 Å². The second-order valence-electron chi connectivity index (χ2n) is 7.99. The number of carbonyl (C=O) groups excluding carboxylic acids is 2. The van der Waals surface area contributed by atoms with Gasteiger partial charge in [-0.15, -0.1) is 0 Å². The number of amides is 2. The molecule has 1 aromatic carbocycles. The molecule has 2 aliphatic rings. The fraction of sp³-hybridized carbons (Fsp3) is 0.375. The first-order valence-corrected chi connectivity index (χ1v) is 10.7. The zero-order chi connectivity index (χ0) is 22.1. The third-order valence-corrected chi connectivity index (χ3v) is 6.33. The van der Waals surface area contributed by atoms with E-state index in [1.807, 2.05) is 26.0 Å². The number of benzene rings is 1. The lowest BCUT2D eigenvalue weighted by Crippen LogP contribution is -2.49. The first kappa shape index (κ1) is 21.1. The second-order valence-corrected chi connectivity index (χ2v) is 7.99. The molecule has 0 spiro atoms. The maximum absolute atomic E-state index is 13.5. The molecule has 31 heavy (non-hydrogen) atoms. The van der Waals surface area contributed by atoms with Crippen LogP contribution in [0.3, 0.4) is 0 Å². The summed E-state index contributed by atoms with van der Waals surface area (Å²) in [7, 11) is 0. The fourth-order valence-electron chi connectivity index (χ4n) is 5.03. The maximum atomic E-state index is 13.5. The molecular formula is C24H27N3O4. The van der Waals surface area contributed by atoms with Crippen LogP contribution in [0, 0.1) is 11.8 Å². The molecule has 2 bridgehead atoms. The van der Waals surface area contributed by atoms with Crippen LogP contribution in [0.5, 0.6) is 0 Å². The number of nitrogens with one attached hydrogen (secondary N) is 1. The van der Waals surface area contributed by atoms with Gasteiger partial charge in [0.05, 0.1) is 18.0 Å². The molecule has 2 N–H and O–H groups in total. The van der Waals surface area contributed by atoms with E-state index in [9.17, 15) is 19.5 Å². The van der Waals surface area contributed by atoms with Gasteiger partial charge in [0.1, 0.15) is 0 Å². The Morgan fingerprint density at radius 2 is 1.94 bits per heavy atom. The molecule has 0 aliphatic carbocycles. The Bertz CT molecular complexity index is 1080. The highest BCUT2D eigenvalue weighted by atomic mass is 16.3. The minimum Gasteiger partial charge on any atom is -0.396 e. The molecule has 7 heteroatoms. The largest absolute Gasteiger partial charge is 0.396 e. The van der Waals surface area contributed by atoms with Crippen LogP contribution < -0.4 is 10.9 Å². The summed E-state index contributed by atoms with van der Waals surface area (Å²) in [6.07, 6.45) is 3.56. The minimum atomic E-state index is -0.636. The summed E-state index contributed by atoms with van der Waals surface area (Å²) < 4.78 is 1.67. The van der Waals surface area contributed by atoms with Crippen molar-refractivity contribution in [2.24, 2.45) is 11.8 Å². The van der Waals surface area contributed by atoms with Gasteiger partial charge in [-0.2, -0.15) is 0 Å². The Morgan fingerprint density at radius 3 is 2.58 bits per heavy atom. The summed E-state index contributed by atoms with van der Waals surface area (Å²) >= 11 is 0. The molecule has 1 saturated heterocycles. The Kier molecular flexibility index (Phi) is 5.78. The summed E-state index contributed by atoms with van der Waals surface area (Å²) in [4.78, 5) is 41.4. The zero-order valence-corrected chi connectivity index (χ0v) is 17.7. The lowest BCUT2D eigenvalue weighted by molar-refractivity contribution is -0.127. The molecule has 2 aliphatic heterocycles. The summed E-state index contributed by atoms with van der Waals surface area (Å²) in [6.45, 7) is 4.13. The highest BCUT2D eigenvalue weighted by molar-refractivity contribution is 5.96. The van der Waals surface area contributed by atoms with Crippen molar-refractivity contribution in [1.29, 1.82) is 0 Å². The van der Waals surface area contributed by atoms with E-state index in [0.717, 1.165) is 0 Å². The van der Waals surface area contributed by atoms with E-state index < -0.39 is 23.9 Å². The molecule has 7 nitrogen and oxygen atoms in total. The van der Waals surface area contributed by atoms with Crippen molar-refractivity contribution >= 4 is 17.9 Å². The number of allylic oxidation sites excluding steroid dienone is 1. The van der Waals surface area contributed by atoms with Crippen molar-refractivity contribution in [2.45, 2.75) is 32.5 Å².